The Morgan fingerprint density at radius 1 is 1.19 bits per heavy atom. The lowest BCUT2D eigenvalue weighted by Crippen LogP contribution is -2.46. The Morgan fingerprint density at radius 3 is 2.31 bits per heavy atom. The number of benzene rings is 1. The first kappa shape index (κ1) is 13.0. The lowest BCUT2D eigenvalue weighted by molar-refractivity contribution is 0.0214. The highest BCUT2D eigenvalue weighted by Gasteiger charge is 2.17. The van der Waals surface area contributed by atoms with E-state index in [0.29, 0.717) is 0 Å². The third-order valence-corrected chi connectivity index (χ3v) is 2.28. The molecule has 0 saturated heterocycles. The molecule has 0 radical (unpaired) electrons. The van der Waals surface area contributed by atoms with Crippen LogP contribution in [0.4, 0.5) is 0 Å². The van der Waals surface area contributed by atoms with Crippen molar-refractivity contribution in [2.24, 2.45) is 0 Å². The van der Waals surface area contributed by atoms with Crippen molar-refractivity contribution in [3.63, 3.8) is 0 Å². The van der Waals surface area contributed by atoms with E-state index in [1.807, 2.05) is 45.0 Å². The van der Waals surface area contributed by atoms with Crippen molar-refractivity contribution >= 4 is 0 Å². The SMILES string of the molecule is Cc1ccccc1OC(NC(C)C)C(C)O. The first-order chi connectivity index (χ1) is 7.50. The summed E-state index contributed by atoms with van der Waals surface area (Å²) in [5.41, 5.74) is 1.07. The summed E-state index contributed by atoms with van der Waals surface area (Å²) in [6.45, 7) is 7.76. The van der Waals surface area contributed by atoms with Crippen molar-refractivity contribution in [3.05, 3.63) is 29.8 Å². The lowest BCUT2D eigenvalue weighted by Gasteiger charge is -2.25. The molecule has 0 aliphatic carbocycles. The fraction of sp³-hybridized carbons (Fsp3) is 0.538. The standard InChI is InChI=1S/C13H21NO2/c1-9(2)14-13(11(4)15)16-12-8-6-5-7-10(12)3/h5-9,11,13-15H,1-4H3. The zero-order valence-electron chi connectivity index (χ0n) is 10.4. The summed E-state index contributed by atoms with van der Waals surface area (Å²) in [6.07, 6.45) is -0.928. The predicted octanol–water partition coefficient (Wildman–Crippen LogP) is 2.08. The number of para-hydroxylation sites is 1. The van der Waals surface area contributed by atoms with Crippen LogP contribution in [0.2, 0.25) is 0 Å². The lowest BCUT2D eigenvalue weighted by atomic mass is 10.2. The van der Waals surface area contributed by atoms with Gasteiger partial charge in [0.15, 0.2) is 6.23 Å². The van der Waals surface area contributed by atoms with Gasteiger partial charge in [0.05, 0.1) is 0 Å². The number of nitrogens with one attached hydrogen (secondary N) is 1. The fourth-order valence-electron chi connectivity index (χ4n) is 1.43. The molecule has 90 valence electrons. The molecule has 0 spiro atoms. The second-order valence-corrected chi connectivity index (χ2v) is 4.37. The van der Waals surface area contributed by atoms with Gasteiger partial charge in [-0.25, -0.2) is 0 Å². The zero-order chi connectivity index (χ0) is 12.1. The average Bonchev–Trinajstić information content (AvgIpc) is 2.19. The smallest absolute Gasteiger partial charge is 0.176 e. The molecular formula is C13H21NO2. The van der Waals surface area contributed by atoms with Crippen molar-refractivity contribution in [3.8, 4) is 5.75 Å². The predicted molar refractivity (Wildman–Crippen MR) is 65.5 cm³/mol. The highest BCUT2D eigenvalue weighted by molar-refractivity contribution is 5.31. The van der Waals surface area contributed by atoms with Crippen LogP contribution >= 0.6 is 0 Å². The van der Waals surface area contributed by atoms with Gasteiger partial charge in [0, 0.05) is 6.04 Å². The molecule has 2 unspecified atom stereocenters. The van der Waals surface area contributed by atoms with Crippen LogP contribution in [-0.2, 0) is 0 Å². The Kier molecular flexibility index (Phi) is 4.77. The summed E-state index contributed by atoms with van der Waals surface area (Å²) in [5, 5.41) is 12.8. The van der Waals surface area contributed by atoms with E-state index >= 15 is 0 Å². The van der Waals surface area contributed by atoms with Gasteiger partial charge in [0.2, 0.25) is 0 Å². The fourth-order valence-corrected chi connectivity index (χ4v) is 1.43. The van der Waals surface area contributed by atoms with Gasteiger partial charge < -0.3 is 9.84 Å². The van der Waals surface area contributed by atoms with Crippen molar-refractivity contribution in [1.82, 2.24) is 5.32 Å². The summed E-state index contributed by atoms with van der Waals surface area (Å²) in [6, 6.07) is 8.06. The molecule has 0 aromatic heterocycles. The van der Waals surface area contributed by atoms with Crippen LogP contribution in [-0.4, -0.2) is 23.5 Å². The van der Waals surface area contributed by atoms with Gasteiger partial charge in [-0.3, -0.25) is 5.32 Å². The van der Waals surface area contributed by atoms with Gasteiger partial charge in [-0.1, -0.05) is 18.2 Å². The molecule has 2 atom stereocenters. The molecule has 0 heterocycles. The highest BCUT2D eigenvalue weighted by atomic mass is 16.5. The maximum absolute atomic E-state index is 9.63. The van der Waals surface area contributed by atoms with Crippen LogP contribution in [0, 0.1) is 6.92 Å². The number of rotatable bonds is 5. The minimum Gasteiger partial charge on any atom is -0.472 e. The molecule has 0 aliphatic heterocycles. The van der Waals surface area contributed by atoms with E-state index in [4.69, 9.17) is 4.74 Å². The molecule has 0 saturated carbocycles. The van der Waals surface area contributed by atoms with Gasteiger partial charge in [-0.15, -0.1) is 0 Å². The van der Waals surface area contributed by atoms with Crippen LogP contribution in [0.3, 0.4) is 0 Å². The topological polar surface area (TPSA) is 41.5 Å². The van der Waals surface area contributed by atoms with Gasteiger partial charge >= 0.3 is 0 Å². The molecule has 0 aliphatic rings. The molecule has 2 N–H and O–H groups in total. The normalized spacial score (nSPS) is 14.9. The first-order valence-electron chi connectivity index (χ1n) is 5.67. The van der Waals surface area contributed by atoms with E-state index in [2.05, 4.69) is 5.32 Å². The number of aryl methyl sites for hydroxylation is 1. The molecule has 1 aromatic carbocycles. The number of aliphatic hydroxyl groups is 1. The first-order valence-corrected chi connectivity index (χ1v) is 5.67. The summed E-state index contributed by atoms with van der Waals surface area (Å²) < 4.78 is 5.76. The maximum Gasteiger partial charge on any atom is 0.176 e. The van der Waals surface area contributed by atoms with Crippen molar-refractivity contribution in [2.75, 3.05) is 0 Å². The van der Waals surface area contributed by atoms with E-state index in [1.54, 1.807) is 6.92 Å². The van der Waals surface area contributed by atoms with Crippen LogP contribution in [0.1, 0.15) is 26.3 Å². The molecule has 3 heteroatoms. The minimum absolute atomic E-state index is 0.267. The Morgan fingerprint density at radius 2 is 1.81 bits per heavy atom. The summed E-state index contributed by atoms with van der Waals surface area (Å²) in [4.78, 5) is 0. The molecule has 1 aromatic rings. The van der Waals surface area contributed by atoms with Gasteiger partial charge in [0.1, 0.15) is 11.9 Å². The van der Waals surface area contributed by atoms with Crippen LogP contribution < -0.4 is 10.1 Å². The maximum atomic E-state index is 9.63. The highest BCUT2D eigenvalue weighted by Crippen LogP contribution is 2.18. The Labute approximate surface area is 97.4 Å². The van der Waals surface area contributed by atoms with E-state index in [9.17, 15) is 5.11 Å². The number of hydrogen-bond acceptors (Lipinski definition) is 3. The Bertz CT molecular complexity index is 323. The zero-order valence-corrected chi connectivity index (χ0v) is 10.4. The number of ether oxygens (including phenoxy) is 1. The molecule has 0 bridgehead atoms. The molecule has 0 fully saturated rings. The molecule has 3 nitrogen and oxygen atoms in total. The largest absolute Gasteiger partial charge is 0.472 e. The number of hydrogen-bond donors (Lipinski definition) is 2. The third kappa shape index (κ3) is 3.83. The molecular weight excluding hydrogens is 202 g/mol. The Hall–Kier alpha value is -1.06. The average molecular weight is 223 g/mol. The minimum atomic E-state index is -0.554. The van der Waals surface area contributed by atoms with Crippen molar-refractivity contribution in [1.29, 1.82) is 0 Å². The second kappa shape index (κ2) is 5.87. The molecule has 1 rings (SSSR count). The summed E-state index contributed by atoms with van der Waals surface area (Å²) >= 11 is 0. The van der Waals surface area contributed by atoms with E-state index < -0.39 is 6.10 Å². The third-order valence-electron chi connectivity index (χ3n) is 2.28. The van der Waals surface area contributed by atoms with Crippen LogP contribution in [0.25, 0.3) is 0 Å². The van der Waals surface area contributed by atoms with Gasteiger partial charge in [0.25, 0.3) is 0 Å². The monoisotopic (exact) mass is 223 g/mol. The summed E-state index contributed by atoms with van der Waals surface area (Å²) in [7, 11) is 0. The molecule has 16 heavy (non-hydrogen) atoms. The van der Waals surface area contributed by atoms with Gasteiger partial charge in [-0.05, 0) is 39.3 Å². The van der Waals surface area contributed by atoms with E-state index in [0.717, 1.165) is 11.3 Å². The van der Waals surface area contributed by atoms with Crippen molar-refractivity contribution in [2.45, 2.75) is 46.1 Å². The van der Waals surface area contributed by atoms with Crippen molar-refractivity contribution < 1.29 is 9.84 Å². The van der Waals surface area contributed by atoms with Gasteiger partial charge in [-0.2, -0.15) is 0 Å². The second-order valence-electron chi connectivity index (χ2n) is 4.37. The number of aliphatic hydroxyl groups excluding tert-OH is 1. The van der Waals surface area contributed by atoms with Crippen LogP contribution in [0.15, 0.2) is 24.3 Å². The van der Waals surface area contributed by atoms with E-state index in [1.165, 1.54) is 0 Å². The van der Waals surface area contributed by atoms with Crippen LogP contribution in [0.5, 0.6) is 5.75 Å². The quantitative estimate of drug-likeness (QED) is 0.751. The van der Waals surface area contributed by atoms with E-state index in [-0.39, 0.29) is 12.3 Å². The Balaban J connectivity index is 2.72. The molecule has 0 amide bonds. The summed E-state index contributed by atoms with van der Waals surface area (Å²) in [5.74, 6) is 0.807.